The van der Waals surface area contributed by atoms with Gasteiger partial charge in [0, 0.05) is 0 Å². The van der Waals surface area contributed by atoms with Gasteiger partial charge in [0.1, 0.15) is 6.04 Å². The van der Waals surface area contributed by atoms with Crippen molar-refractivity contribution in [1.82, 2.24) is 20.2 Å². The molecule has 2 N–H and O–H groups in total. The van der Waals surface area contributed by atoms with E-state index in [9.17, 15) is 8.78 Å². The number of nitrogens with two attached hydrogens (primary N) is 1. The number of hydrogen-bond donors (Lipinski definition) is 1. The molecule has 68 valence electrons. The molecule has 0 saturated heterocycles. The number of rotatable bonds is 3. The van der Waals surface area contributed by atoms with Crippen molar-refractivity contribution in [3.8, 4) is 0 Å². The summed E-state index contributed by atoms with van der Waals surface area (Å²) in [5.74, 6) is 0.266. The third-order valence-electron chi connectivity index (χ3n) is 1.49. The van der Waals surface area contributed by atoms with Crippen LogP contribution in [0.2, 0.25) is 0 Å². The number of nitrogens with zero attached hydrogens (tertiary/aromatic N) is 4. The predicted octanol–water partition coefficient (Wildman–Crippen LogP) is -0.0421. The smallest absolute Gasteiger partial charge is 0.260 e. The Balaban J connectivity index is 2.86. The zero-order valence-electron chi connectivity index (χ0n) is 6.48. The van der Waals surface area contributed by atoms with Crippen LogP contribution in [0.1, 0.15) is 18.8 Å². The van der Waals surface area contributed by atoms with Gasteiger partial charge in [-0.25, -0.2) is 13.5 Å². The molecule has 0 aliphatic carbocycles. The number of alkyl halides is 2. The van der Waals surface area contributed by atoms with Crippen molar-refractivity contribution >= 4 is 0 Å². The normalized spacial score (nSPS) is 13.8. The molecule has 1 rings (SSSR count). The topological polar surface area (TPSA) is 69.6 Å². The van der Waals surface area contributed by atoms with Gasteiger partial charge in [0.05, 0.1) is 6.54 Å². The summed E-state index contributed by atoms with van der Waals surface area (Å²) in [6.07, 6.45) is -2.49. The number of halogens is 2. The van der Waals surface area contributed by atoms with Gasteiger partial charge in [-0.1, -0.05) is 0 Å². The lowest BCUT2D eigenvalue weighted by Gasteiger charge is -2.10. The molecule has 1 unspecified atom stereocenters. The molecular formula is C5H9F2N5. The lowest BCUT2D eigenvalue weighted by atomic mass is 10.3. The lowest BCUT2D eigenvalue weighted by Crippen LogP contribution is -2.19. The predicted molar refractivity (Wildman–Crippen MR) is 36.4 cm³/mol. The summed E-state index contributed by atoms with van der Waals surface area (Å²) in [6, 6.07) is -1.03. The maximum Gasteiger partial charge on any atom is 0.260 e. The molecule has 1 aromatic heterocycles. The Morgan fingerprint density at radius 1 is 1.58 bits per heavy atom. The minimum atomic E-state index is -2.49. The maximum absolute atomic E-state index is 12.2. The third-order valence-corrected chi connectivity index (χ3v) is 1.49. The summed E-state index contributed by atoms with van der Waals surface area (Å²) in [4.78, 5) is 0. The summed E-state index contributed by atoms with van der Waals surface area (Å²) in [7, 11) is 0. The summed E-state index contributed by atoms with van der Waals surface area (Å²) >= 11 is 0. The standard InChI is InChI=1S/C5H9F2N5/c1-3(5(6)7)12-4(2-8)9-10-11-12/h3,5H,2,8H2,1H3. The molecule has 0 spiro atoms. The summed E-state index contributed by atoms with van der Waals surface area (Å²) < 4.78 is 25.3. The van der Waals surface area contributed by atoms with Gasteiger partial charge >= 0.3 is 0 Å². The summed E-state index contributed by atoms with van der Waals surface area (Å²) in [5.41, 5.74) is 5.22. The first kappa shape index (κ1) is 8.98. The molecule has 1 atom stereocenters. The average molecular weight is 177 g/mol. The van der Waals surface area contributed by atoms with Gasteiger partial charge < -0.3 is 5.73 Å². The Hall–Kier alpha value is -1.11. The molecule has 7 heteroatoms. The number of hydrogen-bond acceptors (Lipinski definition) is 4. The quantitative estimate of drug-likeness (QED) is 0.703. The molecule has 0 amide bonds. The highest BCUT2D eigenvalue weighted by Gasteiger charge is 2.20. The van der Waals surface area contributed by atoms with Crippen molar-refractivity contribution in [3.05, 3.63) is 5.82 Å². The van der Waals surface area contributed by atoms with Gasteiger partial charge in [0.2, 0.25) is 0 Å². The maximum atomic E-state index is 12.2. The second-order valence-corrected chi connectivity index (χ2v) is 2.32. The Morgan fingerprint density at radius 3 is 2.75 bits per heavy atom. The highest BCUT2D eigenvalue weighted by Crippen LogP contribution is 2.14. The van der Waals surface area contributed by atoms with E-state index in [1.807, 2.05) is 0 Å². The van der Waals surface area contributed by atoms with E-state index in [2.05, 4.69) is 15.5 Å². The summed E-state index contributed by atoms with van der Waals surface area (Å²) in [6.45, 7) is 1.39. The summed E-state index contributed by atoms with van der Waals surface area (Å²) in [5, 5.41) is 10.1. The minimum absolute atomic E-state index is 0.0596. The molecule has 0 fully saturated rings. The van der Waals surface area contributed by atoms with E-state index >= 15 is 0 Å². The Labute approximate surface area is 67.5 Å². The van der Waals surface area contributed by atoms with Gasteiger partial charge in [0.25, 0.3) is 6.43 Å². The van der Waals surface area contributed by atoms with Crippen molar-refractivity contribution in [1.29, 1.82) is 0 Å². The zero-order chi connectivity index (χ0) is 9.14. The first-order valence-electron chi connectivity index (χ1n) is 3.41. The fraction of sp³-hybridized carbons (Fsp3) is 0.800. The van der Waals surface area contributed by atoms with E-state index in [-0.39, 0.29) is 12.4 Å². The Bertz CT molecular complexity index is 248. The van der Waals surface area contributed by atoms with Crippen LogP contribution < -0.4 is 5.73 Å². The van der Waals surface area contributed by atoms with Gasteiger partial charge in [0.15, 0.2) is 5.82 Å². The van der Waals surface area contributed by atoms with Crippen LogP contribution >= 0.6 is 0 Å². The fourth-order valence-corrected chi connectivity index (χ4v) is 0.770. The van der Waals surface area contributed by atoms with E-state index in [0.29, 0.717) is 0 Å². The molecule has 0 aliphatic heterocycles. The van der Waals surface area contributed by atoms with Crippen LogP contribution in [0.15, 0.2) is 0 Å². The molecule has 1 aromatic rings. The van der Waals surface area contributed by atoms with Gasteiger partial charge in [-0.15, -0.1) is 5.10 Å². The van der Waals surface area contributed by atoms with Crippen molar-refractivity contribution in [2.45, 2.75) is 25.9 Å². The third kappa shape index (κ3) is 1.55. The van der Waals surface area contributed by atoms with Crippen LogP contribution in [-0.2, 0) is 6.54 Å². The molecule has 0 radical (unpaired) electrons. The van der Waals surface area contributed by atoms with Gasteiger partial charge in [-0.2, -0.15) is 0 Å². The SMILES string of the molecule is CC(C(F)F)n1nnnc1CN. The van der Waals surface area contributed by atoms with Crippen molar-refractivity contribution in [2.24, 2.45) is 5.73 Å². The van der Waals surface area contributed by atoms with Crippen LogP contribution in [0, 0.1) is 0 Å². The second-order valence-electron chi connectivity index (χ2n) is 2.32. The second kappa shape index (κ2) is 3.53. The van der Waals surface area contributed by atoms with Crippen LogP contribution in [0.3, 0.4) is 0 Å². The molecule has 12 heavy (non-hydrogen) atoms. The first-order chi connectivity index (χ1) is 5.66. The van der Waals surface area contributed by atoms with Gasteiger partial charge in [-0.05, 0) is 17.4 Å². The van der Waals surface area contributed by atoms with Crippen molar-refractivity contribution < 1.29 is 8.78 Å². The fourth-order valence-electron chi connectivity index (χ4n) is 0.770. The Morgan fingerprint density at radius 2 is 2.25 bits per heavy atom. The van der Waals surface area contributed by atoms with E-state index < -0.39 is 12.5 Å². The van der Waals surface area contributed by atoms with Crippen LogP contribution in [-0.4, -0.2) is 26.6 Å². The van der Waals surface area contributed by atoms with Crippen LogP contribution in [0.25, 0.3) is 0 Å². The zero-order valence-corrected chi connectivity index (χ0v) is 6.48. The monoisotopic (exact) mass is 177 g/mol. The molecule has 1 heterocycles. The van der Waals surface area contributed by atoms with E-state index in [1.165, 1.54) is 6.92 Å². The molecule has 5 nitrogen and oxygen atoms in total. The molecule has 0 aliphatic rings. The highest BCUT2D eigenvalue weighted by atomic mass is 19.3. The largest absolute Gasteiger partial charge is 0.324 e. The van der Waals surface area contributed by atoms with Crippen LogP contribution in [0.5, 0.6) is 0 Å². The first-order valence-corrected chi connectivity index (χ1v) is 3.41. The number of tetrazole rings is 1. The minimum Gasteiger partial charge on any atom is -0.324 e. The average Bonchev–Trinajstić information content (AvgIpc) is 2.49. The van der Waals surface area contributed by atoms with Crippen molar-refractivity contribution in [2.75, 3.05) is 0 Å². The molecule has 0 aromatic carbocycles. The van der Waals surface area contributed by atoms with Gasteiger partial charge in [-0.3, -0.25) is 0 Å². The van der Waals surface area contributed by atoms with E-state index in [0.717, 1.165) is 4.68 Å². The number of aromatic nitrogens is 4. The highest BCUT2D eigenvalue weighted by molar-refractivity contribution is 4.82. The van der Waals surface area contributed by atoms with Crippen LogP contribution in [0.4, 0.5) is 8.78 Å². The molecule has 0 saturated carbocycles. The lowest BCUT2D eigenvalue weighted by molar-refractivity contribution is 0.0829. The van der Waals surface area contributed by atoms with E-state index in [4.69, 9.17) is 5.73 Å². The molecule has 0 bridgehead atoms. The molecular weight excluding hydrogens is 168 g/mol. The van der Waals surface area contributed by atoms with Crippen molar-refractivity contribution in [3.63, 3.8) is 0 Å². The van der Waals surface area contributed by atoms with E-state index in [1.54, 1.807) is 0 Å². The Kier molecular flexibility index (Phi) is 2.64.